The number of benzene rings is 5. The molecule has 342 valence electrons. The van der Waals surface area contributed by atoms with Crippen molar-refractivity contribution in [3.05, 3.63) is 167 Å². The van der Waals surface area contributed by atoms with Crippen LogP contribution in [0.5, 0.6) is 5.75 Å². The Kier molecular flexibility index (Phi) is 13.2. The first kappa shape index (κ1) is 45.8. The summed E-state index contributed by atoms with van der Waals surface area (Å²) in [4.78, 5) is 88.3. The van der Waals surface area contributed by atoms with Gasteiger partial charge in [0.25, 0.3) is 0 Å². The number of carbonyl (C=O) groups is 6. The number of esters is 3. The third-order valence-electron chi connectivity index (χ3n) is 12.6. The standard InChI is InChI=1S/C52H47N3O12/c1-31(33-17-7-4-8-18-33)53-51(63)54-39-27-26-32(16-15-24-37(47(59)64-2)48(60)65-3)30-38(39)52(50(54)62)41(46(57)58)43-49(61)67-44(35-21-11-6-12-22-35)42(34-19-9-5-10-20-34)55(43)45(52)36-23-13-14-25-40(36)66-29-28-56/h4-14,17-23,25-27,30-31,37,41-45,56H,24,28-29H2,1-3H3,(H,53,63)(H,57,58). The molecule has 0 radical (unpaired) electrons. The second-order valence-electron chi connectivity index (χ2n) is 16.3. The molecule has 0 bridgehead atoms. The number of hydrogen-bond donors (Lipinski definition) is 3. The van der Waals surface area contributed by atoms with Crippen LogP contribution in [0.25, 0.3) is 0 Å². The molecule has 5 aromatic carbocycles. The first-order valence-corrected chi connectivity index (χ1v) is 21.6. The van der Waals surface area contributed by atoms with Crippen molar-refractivity contribution in [2.75, 3.05) is 32.3 Å². The van der Waals surface area contributed by atoms with Crippen LogP contribution in [-0.2, 0) is 43.6 Å². The zero-order valence-corrected chi connectivity index (χ0v) is 36.7. The number of amides is 3. The number of aliphatic hydroxyl groups is 1. The SMILES string of the molecule is COC(=O)C(CC#Cc1ccc2c(c1)C1(C(=O)N2C(=O)NC(C)c2ccccc2)C(C(=O)O)C2C(=O)OC(c3ccccc3)C(c3ccccc3)N2C1c1ccccc1OCCO)C(=O)OC. The number of rotatable bonds is 12. The molecule has 3 N–H and O–H groups in total. The van der Waals surface area contributed by atoms with Gasteiger partial charge in [0.05, 0.1) is 44.6 Å². The van der Waals surface area contributed by atoms with Crippen molar-refractivity contribution in [3.63, 3.8) is 0 Å². The quantitative estimate of drug-likeness (QED) is 0.0573. The minimum atomic E-state index is -2.31. The number of carboxylic acid groups (broad SMARTS) is 1. The molecule has 7 atom stereocenters. The van der Waals surface area contributed by atoms with E-state index < -0.39 is 83.3 Å². The third-order valence-corrected chi connectivity index (χ3v) is 12.6. The largest absolute Gasteiger partial charge is 0.491 e. The number of carboxylic acids is 1. The molecule has 67 heavy (non-hydrogen) atoms. The lowest BCUT2D eigenvalue weighted by Crippen LogP contribution is -2.54. The van der Waals surface area contributed by atoms with Gasteiger partial charge in [-0.25, -0.2) is 9.69 Å². The van der Waals surface area contributed by atoms with E-state index in [2.05, 4.69) is 17.2 Å². The van der Waals surface area contributed by atoms with E-state index in [-0.39, 0.29) is 42.2 Å². The lowest BCUT2D eigenvalue weighted by Gasteiger charge is -2.46. The number of aliphatic carboxylic acids is 1. The summed E-state index contributed by atoms with van der Waals surface area (Å²) in [6, 6.07) is 32.9. The van der Waals surface area contributed by atoms with Crippen molar-refractivity contribution in [2.24, 2.45) is 11.8 Å². The maximum Gasteiger partial charge on any atom is 0.329 e. The first-order valence-electron chi connectivity index (χ1n) is 21.6. The average molecular weight is 906 g/mol. The molecule has 2 fully saturated rings. The van der Waals surface area contributed by atoms with Crippen molar-refractivity contribution < 1.29 is 57.9 Å². The Morgan fingerprint density at radius 1 is 0.806 bits per heavy atom. The molecule has 2 saturated heterocycles. The smallest absolute Gasteiger partial charge is 0.329 e. The number of nitrogens with zero attached hydrogens (tertiary/aromatic N) is 2. The summed E-state index contributed by atoms with van der Waals surface area (Å²) in [5.74, 6) is -2.42. The molecule has 15 nitrogen and oxygen atoms in total. The number of imide groups is 1. The fraction of sp³-hybridized carbons (Fsp3) is 0.269. The Balaban J connectivity index is 1.42. The highest BCUT2D eigenvalue weighted by atomic mass is 16.6. The highest BCUT2D eigenvalue weighted by molar-refractivity contribution is 6.24. The molecule has 5 aromatic rings. The molecule has 0 aliphatic carbocycles. The van der Waals surface area contributed by atoms with Crippen LogP contribution in [0, 0.1) is 23.7 Å². The molecule has 8 rings (SSSR count). The molecule has 3 amide bonds. The molecule has 0 saturated carbocycles. The summed E-state index contributed by atoms with van der Waals surface area (Å²) in [6.45, 7) is 1.19. The molecule has 15 heteroatoms. The minimum Gasteiger partial charge on any atom is -0.491 e. The molecular weight excluding hydrogens is 859 g/mol. The van der Waals surface area contributed by atoms with Gasteiger partial charge in [-0.2, -0.15) is 0 Å². The molecule has 0 aromatic heterocycles. The molecule has 3 heterocycles. The van der Waals surface area contributed by atoms with Gasteiger partial charge < -0.3 is 34.5 Å². The zero-order valence-electron chi connectivity index (χ0n) is 36.7. The zero-order chi connectivity index (χ0) is 47.4. The Bertz CT molecular complexity index is 2740. The average Bonchev–Trinajstić information content (AvgIpc) is 3.81. The number of morpholine rings is 1. The van der Waals surface area contributed by atoms with E-state index in [1.54, 1.807) is 60.4 Å². The van der Waals surface area contributed by atoms with Crippen molar-refractivity contribution in [1.29, 1.82) is 0 Å². The van der Waals surface area contributed by atoms with Gasteiger partial charge in [0, 0.05) is 17.5 Å². The van der Waals surface area contributed by atoms with Crippen LogP contribution in [0.15, 0.2) is 133 Å². The monoisotopic (exact) mass is 905 g/mol. The van der Waals surface area contributed by atoms with Crippen molar-refractivity contribution >= 4 is 41.5 Å². The summed E-state index contributed by atoms with van der Waals surface area (Å²) in [5.41, 5.74) is 0.263. The van der Waals surface area contributed by atoms with Crippen LogP contribution in [0.1, 0.15) is 71.0 Å². The third kappa shape index (κ3) is 8.15. The van der Waals surface area contributed by atoms with Crippen LogP contribution in [0.3, 0.4) is 0 Å². The minimum absolute atomic E-state index is 0.0319. The van der Waals surface area contributed by atoms with Gasteiger partial charge >= 0.3 is 29.9 Å². The second-order valence-corrected chi connectivity index (χ2v) is 16.3. The van der Waals surface area contributed by atoms with Gasteiger partial charge in [0.2, 0.25) is 5.91 Å². The van der Waals surface area contributed by atoms with Gasteiger partial charge in [-0.1, -0.05) is 121 Å². The van der Waals surface area contributed by atoms with Crippen LogP contribution in [0.2, 0.25) is 0 Å². The Hall–Kier alpha value is -7.80. The van der Waals surface area contributed by atoms with Gasteiger partial charge in [0.1, 0.15) is 35.8 Å². The van der Waals surface area contributed by atoms with Crippen LogP contribution >= 0.6 is 0 Å². The van der Waals surface area contributed by atoms with Crippen LogP contribution in [-0.4, -0.2) is 84.4 Å². The van der Waals surface area contributed by atoms with E-state index in [1.165, 1.54) is 18.2 Å². The number of fused-ring (bicyclic) bond motifs is 3. The Morgan fingerprint density at radius 2 is 1.42 bits per heavy atom. The van der Waals surface area contributed by atoms with E-state index in [0.29, 0.717) is 16.7 Å². The molecular formula is C52H47N3O12. The number of aliphatic hydroxyl groups excluding tert-OH is 1. The summed E-state index contributed by atoms with van der Waals surface area (Å²) in [7, 11) is 2.26. The number of carbonyl (C=O) groups excluding carboxylic acids is 5. The molecule has 3 aliphatic rings. The van der Waals surface area contributed by atoms with Gasteiger partial charge in [-0.05, 0) is 53.4 Å². The number of nitrogens with one attached hydrogen (secondary N) is 1. The number of cyclic esters (lactones) is 1. The summed E-state index contributed by atoms with van der Waals surface area (Å²) in [6.07, 6.45) is -1.34. The lowest BCUT2D eigenvalue weighted by molar-refractivity contribution is -0.179. The predicted octanol–water partition coefficient (Wildman–Crippen LogP) is 5.98. The van der Waals surface area contributed by atoms with Crippen molar-refractivity contribution in [3.8, 4) is 17.6 Å². The fourth-order valence-electron chi connectivity index (χ4n) is 9.81. The number of anilines is 1. The van der Waals surface area contributed by atoms with Gasteiger partial charge in [-0.3, -0.25) is 28.9 Å². The number of methoxy groups -OCH3 is 2. The summed E-state index contributed by atoms with van der Waals surface area (Å²) < 4.78 is 22.1. The highest BCUT2D eigenvalue weighted by Crippen LogP contribution is 2.66. The maximum atomic E-state index is 16.2. The molecule has 3 aliphatic heterocycles. The van der Waals surface area contributed by atoms with E-state index in [4.69, 9.17) is 18.9 Å². The van der Waals surface area contributed by atoms with E-state index in [9.17, 15) is 34.2 Å². The van der Waals surface area contributed by atoms with E-state index in [0.717, 1.165) is 24.7 Å². The molecule has 7 unspecified atom stereocenters. The Labute approximate surface area is 386 Å². The Morgan fingerprint density at radius 3 is 2.04 bits per heavy atom. The lowest BCUT2D eigenvalue weighted by atomic mass is 9.65. The first-order chi connectivity index (χ1) is 32.5. The molecule has 1 spiro atoms. The topological polar surface area (TPSA) is 198 Å². The number of urea groups is 1. The van der Waals surface area contributed by atoms with Gasteiger partial charge in [0.15, 0.2) is 5.92 Å². The number of ether oxygens (including phenoxy) is 4. The highest BCUT2D eigenvalue weighted by Gasteiger charge is 2.76. The van der Waals surface area contributed by atoms with E-state index >= 15 is 4.79 Å². The predicted molar refractivity (Wildman–Crippen MR) is 241 cm³/mol. The number of para-hydroxylation sites is 1. The van der Waals surface area contributed by atoms with Crippen LogP contribution < -0.4 is 15.0 Å². The maximum absolute atomic E-state index is 16.2. The van der Waals surface area contributed by atoms with Crippen molar-refractivity contribution in [2.45, 2.75) is 49.0 Å². The number of hydrogen-bond acceptors (Lipinski definition) is 12. The summed E-state index contributed by atoms with van der Waals surface area (Å²) in [5, 5.41) is 24.6. The fourth-order valence-corrected chi connectivity index (χ4v) is 9.81. The van der Waals surface area contributed by atoms with Crippen LogP contribution in [0.4, 0.5) is 10.5 Å². The van der Waals surface area contributed by atoms with E-state index in [1.807, 2.05) is 66.7 Å². The second kappa shape index (κ2) is 19.4. The summed E-state index contributed by atoms with van der Waals surface area (Å²) >= 11 is 0. The van der Waals surface area contributed by atoms with Gasteiger partial charge in [-0.15, -0.1) is 0 Å². The normalized spacial score (nSPS) is 22.2. The van der Waals surface area contributed by atoms with Crippen molar-refractivity contribution in [1.82, 2.24) is 10.2 Å².